The van der Waals surface area contributed by atoms with Crippen LogP contribution in [0.4, 0.5) is 0 Å². The van der Waals surface area contributed by atoms with Crippen LogP contribution in [0.15, 0.2) is 24.3 Å². The SMILES string of the molecule is Cc1cccc(CCC(C)NCC2CCCCN2C)c1. The fourth-order valence-electron chi connectivity index (χ4n) is 3.09. The van der Waals surface area contributed by atoms with Gasteiger partial charge in [0.2, 0.25) is 0 Å². The molecule has 0 aromatic heterocycles. The van der Waals surface area contributed by atoms with Gasteiger partial charge < -0.3 is 10.2 Å². The van der Waals surface area contributed by atoms with Gasteiger partial charge in [0, 0.05) is 18.6 Å². The zero-order valence-electron chi connectivity index (χ0n) is 13.4. The second-order valence-electron chi connectivity index (χ2n) is 6.47. The molecule has 0 saturated carbocycles. The fraction of sp³-hybridized carbons (Fsp3) is 0.667. The summed E-state index contributed by atoms with van der Waals surface area (Å²) in [5, 5.41) is 3.73. The second kappa shape index (κ2) is 7.80. The lowest BCUT2D eigenvalue weighted by molar-refractivity contribution is 0.178. The van der Waals surface area contributed by atoms with E-state index in [2.05, 4.69) is 55.4 Å². The van der Waals surface area contributed by atoms with Crippen LogP contribution in [0.5, 0.6) is 0 Å². The van der Waals surface area contributed by atoms with Crippen molar-refractivity contribution in [3.05, 3.63) is 35.4 Å². The molecule has 20 heavy (non-hydrogen) atoms. The quantitative estimate of drug-likeness (QED) is 0.855. The monoisotopic (exact) mass is 274 g/mol. The summed E-state index contributed by atoms with van der Waals surface area (Å²) < 4.78 is 0. The summed E-state index contributed by atoms with van der Waals surface area (Å²) in [6, 6.07) is 10.2. The number of rotatable bonds is 6. The van der Waals surface area contributed by atoms with Crippen molar-refractivity contribution in [3.8, 4) is 0 Å². The van der Waals surface area contributed by atoms with Gasteiger partial charge in [0.15, 0.2) is 0 Å². The molecule has 112 valence electrons. The van der Waals surface area contributed by atoms with E-state index in [-0.39, 0.29) is 0 Å². The van der Waals surface area contributed by atoms with Gasteiger partial charge in [0.25, 0.3) is 0 Å². The largest absolute Gasteiger partial charge is 0.313 e. The molecule has 0 aliphatic carbocycles. The van der Waals surface area contributed by atoms with Gasteiger partial charge in [0.05, 0.1) is 0 Å². The highest BCUT2D eigenvalue weighted by molar-refractivity contribution is 5.22. The van der Waals surface area contributed by atoms with Crippen molar-refractivity contribution in [2.75, 3.05) is 20.1 Å². The van der Waals surface area contributed by atoms with E-state index in [1.807, 2.05) is 0 Å². The molecule has 2 nitrogen and oxygen atoms in total. The summed E-state index contributed by atoms with van der Waals surface area (Å²) in [6.07, 6.45) is 6.52. The van der Waals surface area contributed by atoms with E-state index in [1.54, 1.807) is 0 Å². The average molecular weight is 274 g/mol. The molecule has 2 unspecified atom stereocenters. The Hall–Kier alpha value is -0.860. The predicted molar refractivity (Wildman–Crippen MR) is 87.2 cm³/mol. The Morgan fingerprint density at radius 1 is 1.35 bits per heavy atom. The van der Waals surface area contributed by atoms with E-state index in [0.29, 0.717) is 6.04 Å². The maximum Gasteiger partial charge on any atom is 0.0217 e. The van der Waals surface area contributed by atoms with Gasteiger partial charge in [-0.2, -0.15) is 0 Å². The van der Waals surface area contributed by atoms with Gasteiger partial charge in [-0.3, -0.25) is 0 Å². The Morgan fingerprint density at radius 3 is 2.95 bits per heavy atom. The van der Waals surface area contributed by atoms with Crippen molar-refractivity contribution in [1.82, 2.24) is 10.2 Å². The summed E-state index contributed by atoms with van der Waals surface area (Å²) in [5.41, 5.74) is 2.83. The van der Waals surface area contributed by atoms with E-state index in [4.69, 9.17) is 0 Å². The van der Waals surface area contributed by atoms with Crippen LogP contribution >= 0.6 is 0 Å². The molecular formula is C18H30N2. The molecule has 1 aliphatic heterocycles. The first-order valence-corrected chi connectivity index (χ1v) is 8.14. The number of hydrogen-bond donors (Lipinski definition) is 1. The highest BCUT2D eigenvalue weighted by atomic mass is 15.2. The summed E-state index contributed by atoms with van der Waals surface area (Å²) >= 11 is 0. The number of aryl methyl sites for hydroxylation is 2. The third-order valence-electron chi connectivity index (χ3n) is 4.57. The van der Waals surface area contributed by atoms with Gasteiger partial charge in [-0.25, -0.2) is 0 Å². The molecule has 1 N–H and O–H groups in total. The van der Waals surface area contributed by atoms with Gasteiger partial charge in [-0.05, 0) is 58.7 Å². The molecule has 1 saturated heterocycles. The lowest BCUT2D eigenvalue weighted by Crippen LogP contribution is -2.45. The van der Waals surface area contributed by atoms with Crippen LogP contribution in [-0.2, 0) is 6.42 Å². The summed E-state index contributed by atoms with van der Waals surface area (Å²) in [6.45, 7) is 6.90. The van der Waals surface area contributed by atoms with Crippen molar-refractivity contribution in [2.24, 2.45) is 0 Å². The molecule has 2 heteroatoms. The molecule has 2 rings (SSSR count). The standard InChI is InChI=1S/C18H30N2/c1-15-7-6-8-17(13-15)11-10-16(2)19-14-18-9-4-5-12-20(18)3/h6-8,13,16,18-19H,4-5,9-12,14H2,1-3H3. The van der Waals surface area contributed by atoms with Crippen LogP contribution < -0.4 is 5.32 Å². The van der Waals surface area contributed by atoms with Gasteiger partial charge in [-0.1, -0.05) is 36.2 Å². The van der Waals surface area contributed by atoms with Crippen LogP contribution in [0.2, 0.25) is 0 Å². The zero-order valence-corrected chi connectivity index (χ0v) is 13.4. The minimum Gasteiger partial charge on any atom is -0.313 e. The van der Waals surface area contributed by atoms with Gasteiger partial charge in [0.1, 0.15) is 0 Å². The van der Waals surface area contributed by atoms with E-state index in [9.17, 15) is 0 Å². The maximum atomic E-state index is 3.73. The van der Waals surface area contributed by atoms with Crippen LogP contribution in [0.1, 0.15) is 43.7 Å². The Morgan fingerprint density at radius 2 is 2.20 bits per heavy atom. The Labute approximate surface area is 124 Å². The molecule has 2 atom stereocenters. The molecule has 1 heterocycles. The molecule has 0 spiro atoms. The zero-order chi connectivity index (χ0) is 14.4. The molecule has 0 radical (unpaired) electrons. The third-order valence-corrected chi connectivity index (χ3v) is 4.57. The minimum absolute atomic E-state index is 0.603. The number of hydrogen-bond acceptors (Lipinski definition) is 2. The van der Waals surface area contributed by atoms with Crippen LogP contribution in [-0.4, -0.2) is 37.1 Å². The number of benzene rings is 1. The van der Waals surface area contributed by atoms with Crippen LogP contribution in [0.3, 0.4) is 0 Å². The summed E-state index contributed by atoms with van der Waals surface area (Å²) in [7, 11) is 2.27. The van der Waals surface area contributed by atoms with E-state index >= 15 is 0 Å². The molecule has 1 aromatic rings. The fourth-order valence-corrected chi connectivity index (χ4v) is 3.09. The Bertz CT molecular complexity index is 402. The number of nitrogens with zero attached hydrogens (tertiary/aromatic N) is 1. The molecule has 1 aliphatic rings. The lowest BCUT2D eigenvalue weighted by Gasteiger charge is -2.33. The molecular weight excluding hydrogens is 244 g/mol. The smallest absolute Gasteiger partial charge is 0.0217 e. The maximum absolute atomic E-state index is 3.73. The molecule has 1 fully saturated rings. The lowest BCUT2D eigenvalue weighted by atomic mass is 10.0. The predicted octanol–water partition coefficient (Wildman–Crippen LogP) is 3.39. The average Bonchev–Trinajstić information content (AvgIpc) is 2.44. The Kier molecular flexibility index (Phi) is 6.06. The first kappa shape index (κ1) is 15.5. The highest BCUT2D eigenvalue weighted by Gasteiger charge is 2.18. The Balaban J connectivity index is 1.68. The highest BCUT2D eigenvalue weighted by Crippen LogP contribution is 2.14. The van der Waals surface area contributed by atoms with Crippen molar-refractivity contribution >= 4 is 0 Å². The van der Waals surface area contributed by atoms with E-state index in [1.165, 1.54) is 49.8 Å². The summed E-state index contributed by atoms with van der Waals surface area (Å²) in [5.74, 6) is 0. The normalized spacial score (nSPS) is 21.9. The first-order chi connectivity index (χ1) is 9.65. The minimum atomic E-state index is 0.603. The third kappa shape index (κ3) is 4.92. The van der Waals surface area contributed by atoms with Crippen molar-refractivity contribution in [3.63, 3.8) is 0 Å². The van der Waals surface area contributed by atoms with Crippen LogP contribution in [0.25, 0.3) is 0 Å². The van der Waals surface area contributed by atoms with E-state index < -0.39 is 0 Å². The molecule has 0 bridgehead atoms. The summed E-state index contributed by atoms with van der Waals surface area (Å²) in [4.78, 5) is 2.52. The van der Waals surface area contributed by atoms with Crippen molar-refractivity contribution in [1.29, 1.82) is 0 Å². The van der Waals surface area contributed by atoms with Gasteiger partial charge in [-0.15, -0.1) is 0 Å². The van der Waals surface area contributed by atoms with E-state index in [0.717, 1.165) is 12.6 Å². The first-order valence-electron chi connectivity index (χ1n) is 8.14. The number of nitrogens with one attached hydrogen (secondary N) is 1. The molecule has 0 amide bonds. The number of piperidine rings is 1. The van der Waals surface area contributed by atoms with Crippen LogP contribution in [0, 0.1) is 6.92 Å². The van der Waals surface area contributed by atoms with Crippen molar-refractivity contribution < 1.29 is 0 Å². The molecule has 1 aromatic carbocycles. The second-order valence-corrected chi connectivity index (χ2v) is 6.47. The topological polar surface area (TPSA) is 15.3 Å². The number of likely N-dealkylation sites (N-methyl/N-ethyl adjacent to an activating group) is 1. The van der Waals surface area contributed by atoms with Crippen molar-refractivity contribution in [2.45, 2.75) is 58.0 Å². The number of likely N-dealkylation sites (tertiary alicyclic amines) is 1. The van der Waals surface area contributed by atoms with Gasteiger partial charge >= 0.3 is 0 Å².